The topological polar surface area (TPSA) is 168 Å². The fraction of sp³-hybridized carbons (Fsp3) is 0.176. The molecule has 0 bridgehead atoms. The number of nitrogen functional groups attached to an aromatic ring is 1. The monoisotopic (exact) mass is 616 g/mol. The van der Waals surface area contributed by atoms with Gasteiger partial charge in [0.05, 0.1) is 22.4 Å². The van der Waals surface area contributed by atoms with Crippen molar-refractivity contribution in [3.05, 3.63) is 101 Å². The molecule has 0 spiro atoms. The van der Waals surface area contributed by atoms with Gasteiger partial charge in [-0.1, -0.05) is 6.07 Å². The van der Waals surface area contributed by atoms with Gasteiger partial charge in [-0.25, -0.2) is 19.3 Å². The first-order valence-corrected chi connectivity index (χ1v) is 14.9. The lowest BCUT2D eigenvalue weighted by molar-refractivity contribution is 0.0996. The highest BCUT2D eigenvalue weighted by molar-refractivity contribution is 5.95. The van der Waals surface area contributed by atoms with Gasteiger partial charge in [0.25, 0.3) is 5.91 Å². The van der Waals surface area contributed by atoms with Crippen molar-refractivity contribution in [3.8, 4) is 34.2 Å². The Kier molecular flexibility index (Phi) is 7.24. The van der Waals surface area contributed by atoms with Crippen LogP contribution in [0.2, 0.25) is 0 Å². The number of primary amides is 1. The second kappa shape index (κ2) is 11.5. The SMILES string of the molecule is NC(=O)c1cc(C=O)c(O)cc1F.Nc1ncccc1-c1nc2ccc(-c3cc4n(n3)CCC4)nc2n1-c1ccc2c(c1)CCC2. The normalized spacial score (nSPS) is 13.2. The number of imidazole rings is 1. The Bertz CT molecular complexity index is 2150. The Morgan fingerprint density at radius 1 is 0.957 bits per heavy atom. The first kappa shape index (κ1) is 28.8. The summed E-state index contributed by atoms with van der Waals surface area (Å²) in [7, 11) is 0. The van der Waals surface area contributed by atoms with Gasteiger partial charge in [-0.3, -0.25) is 18.8 Å². The lowest BCUT2D eigenvalue weighted by Crippen LogP contribution is -2.13. The van der Waals surface area contributed by atoms with Crippen LogP contribution in [0.1, 0.15) is 50.4 Å². The minimum atomic E-state index is -0.986. The number of aromatic hydroxyl groups is 1. The Balaban J connectivity index is 0.000000221. The number of fused-ring (bicyclic) bond motifs is 3. The summed E-state index contributed by atoms with van der Waals surface area (Å²) in [4.78, 5) is 35.2. The van der Waals surface area contributed by atoms with Gasteiger partial charge < -0.3 is 16.6 Å². The molecule has 2 aromatic carbocycles. The Hall–Kier alpha value is -5.91. The number of pyridine rings is 2. The molecule has 11 nitrogen and oxygen atoms in total. The second-order valence-corrected chi connectivity index (χ2v) is 11.3. The second-order valence-electron chi connectivity index (χ2n) is 11.3. The lowest BCUT2D eigenvalue weighted by atomic mass is 10.1. The van der Waals surface area contributed by atoms with E-state index in [1.807, 2.05) is 24.3 Å². The van der Waals surface area contributed by atoms with Crippen LogP contribution >= 0.6 is 0 Å². The third-order valence-corrected chi connectivity index (χ3v) is 8.36. The fourth-order valence-corrected chi connectivity index (χ4v) is 6.08. The van der Waals surface area contributed by atoms with E-state index in [0.717, 1.165) is 77.9 Å². The molecule has 0 saturated heterocycles. The molecule has 8 rings (SSSR count). The van der Waals surface area contributed by atoms with Gasteiger partial charge in [-0.15, -0.1) is 0 Å². The van der Waals surface area contributed by atoms with Gasteiger partial charge in [0.2, 0.25) is 0 Å². The van der Waals surface area contributed by atoms with Gasteiger partial charge in [0.1, 0.15) is 28.6 Å². The number of nitrogens with zero attached hydrogens (tertiary/aromatic N) is 6. The van der Waals surface area contributed by atoms with Crippen LogP contribution in [-0.4, -0.2) is 46.6 Å². The van der Waals surface area contributed by atoms with Crippen molar-refractivity contribution < 1.29 is 19.1 Å². The quantitative estimate of drug-likeness (QED) is 0.232. The van der Waals surface area contributed by atoms with Crippen LogP contribution in [0, 0.1) is 5.82 Å². The van der Waals surface area contributed by atoms with E-state index < -0.39 is 23.0 Å². The smallest absolute Gasteiger partial charge is 0.251 e. The third-order valence-electron chi connectivity index (χ3n) is 8.36. The molecule has 1 aliphatic heterocycles. The maximum Gasteiger partial charge on any atom is 0.251 e. The summed E-state index contributed by atoms with van der Waals surface area (Å²) in [6, 6.07) is 18.3. The van der Waals surface area contributed by atoms with E-state index in [0.29, 0.717) is 18.2 Å². The zero-order valence-electron chi connectivity index (χ0n) is 24.7. The van der Waals surface area contributed by atoms with E-state index in [9.17, 15) is 14.0 Å². The summed E-state index contributed by atoms with van der Waals surface area (Å²) in [5, 5.41) is 13.8. The summed E-state index contributed by atoms with van der Waals surface area (Å²) in [5.41, 5.74) is 19.9. The van der Waals surface area contributed by atoms with Crippen molar-refractivity contribution in [2.75, 3.05) is 5.73 Å². The molecule has 46 heavy (non-hydrogen) atoms. The van der Waals surface area contributed by atoms with E-state index in [2.05, 4.69) is 38.5 Å². The average Bonchev–Trinajstić information content (AvgIpc) is 3.84. The Morgan fingerprint density at radius 2 is 1.80 bits per heavy atom. The van der Waals surface area contributed by atoms with Gasteiger partial charge in [-0.2, -0.15) is 5.10 Å². The summed E-state index contributed by atoms with van der Waals surface area (Å²) in [6.07, 6.45) is 7.72. The molecule has 6 aromatic rings. The molecule has 0 fully saturated rings. The number of phenolic OH excluding ortho intramolecular Hbond substituents is 1. The zero-order valence-corrected chi connectivity index (χ0v) is 24.7. The van der Waals surface area contributed by atoms with Gasteiger partial charge in [0.15, 0.2) is 17.8 Å². The van der Waals surface area contributed by atoms with Crippen LogP contribution in [0.5, 0.6) is 5.75 Å². The number of anilines is 1. The minimum Gasteiger partial charge on any atom is -0.507 e. The number of carbonyl (C=O) groups is 2. The predicted octanol–water partition coefficient (Wildman–Crippen LogP) is 4.81. The zero-order chi connectivity index (χ0) is 31.9. The first-order valence-electron chi connectivity index (χ1n) is 14.9. The molecule has 230 valence electrons. The van der Waals surface area contributed by atoms with E-state index >= 15 is 0 Å². The lowest BCUT2D eigenvalue weighted by Gasteiger charge is -2.12. The van der Waals surface area contributed by atoms with Crippen LogP contribution in [0.25, 0.3) is 39.6 Å². The van der Waals surface area contributed by atoms with Crippen molar-refractivity contribution in [2.24, 2.45) is 5.73 Å². The highest BCUT2D eigenvalue weighted by atomic mass is 19.1. The maximum atomic E-state index is 12.8. The third kappa shape index (κ3) is 5.13. The average molecular weight is 617 g/mol. The molecule has 5 heterocycles. The van der Waals surface area contributed by atoms with Crippen molar-refractivity contribution in [1.29, 1.82) is 0 Å². The summed E-state index contributed by atoms with van der Waals surface area (Å²) < 4.78 is 17.1. The fourth-order valence-electron chi connectivity index (χ4n) is 6.08. The van der Waals surface area contributed by atoms with Crippen LogP contribution < -0.4 is 11.5 Å². The van der Waals surface area contributed by atoms with Crippen molar-refractivity contribution >= 4 is 29.2 Å². The number of benzene rings is 2. The molecule has 0 radical (unpaired) electrons. The van der Waals surface area contributed by atoms with Gasteiger partial charge >= 0.3 is 0 Å². The minimum absolute atomic E-state index is 0.171. The number of nitrogens with two attached hydrogens (primary N) is 2. The number of halogens is 1. The van der Waals surface area contributed by atoms with Crippen molar-refractivity contribution in [2.45, 2.75) is 38.6 Å². The number of hydrogen-bond acceptors (Lipinski definition) is 8. The number of hydrogen-bond donors (Lipinski definition) is 3. The molecule has 0 unspecified atom stereocenters. The Labute approximate surface area is 262 Å². The molecular weight excluding hydrogens is 587 g/mol. The first-order chi connectivity index (χ1) is 22.3. The van der Waals surface area contributed by atoms with Crippen LogP contribution in [0.15, 0.2) is 66.9 Å². The van der Waals surface area contributed by atoms with Gasteiger partial charge in [-0.05, 0) is 91.8 Å². The molecule has 2 aliphatic rings. The molecule has 4 aromatic heterocycles. The standard InChI is InChI=1S/C26H23N7.C8H6FNO3/c27-24-20(7-2-12-28-24)25-30-22-11-10-21(23-15-18-6-3-13-32(18)31-23)29-26(22)33(25)19-9-8-16-4-1-5-17(16)14-19;9-6-2-7(12)4(3-11)1-5(6)8(10)13/h2,7-12,14-15H,1,3-6,13H2,(H2,27,28);1-3,12H,(H2,10,13). The van der Waals surface area contributed by atoms with Crippen molar-refractivity contribution in [1.82, 2.24) is 29.3 Å². The number of carbonyl (C=O) groups excluding carboxylic acids is 2. The predicted molar refractivity (Wildman–Crippen MR) is 170 cm³/mol. The largest absolute Gasteiger partial charge is 0.507 e. The van der Waals surface area contributed by atoms with E-state index in [-0.39, 0.29) is 5.56 Å². The van der Waals surface area contributed by atoms with Crippen LogP contribution in [0.4, 0.5) is 10.2 Å². The van der Waals surface area contributed by atoms with Gasteiger partial charge in [0, 0.05) is 30.2 Å². The molecular formula is C34H29FN8O3. The maximum absolute atomic E-state index is 12.8. The number of rotatable bonds is 5. The highest BCUT2D eigenvalue weighted by Gasteiger charge is 2.22. The summed E-state index contributed by atoms with van der Waals surface area (Å²) >= 11 is 0. The molecule has 1 aliphatic carbocycles. The molecule has 0 saturated carbocycles. The van der Waals surface area contributed by atoms with Crippen molar-refractivity contribution in [3.63, 3.8) is 0 Å². The van der Waals surface area contributed by atoms with E-state index in [1.54, 1.807) is 6.20 Å². The van der Waals surface area contributed by atoms with E-state index in [4.69, 9.17) is 31.6 Å². The van der Waals surface area contributed by atoms with E-state index in [1.165, 1.54) is 23.2 Å². The number of aldehydes is 1. The molecule has 5 N–H and O–H groups in total. The number of aryl methyl sites for hydroxylation is 4. The summed E-state index contributed by atoms with van der Waals surface area (Å²) in [5.74, 6) is -1.24. The summed E-state index contributed by atoms with van der Waals surface area (Å²) in [6.45, 7) is 0.981. The Morgan fingerprint density at radius 3 is 2.59 bits per heavy atom. The number of phenols is 1. The highest BCUT2D eigenvalue weighted by Crippen LogP contribution is 2.34. The molecule has 12 heteroatoms. The van der Waals surface area contributed by atoms with Crippen LogP contribution in [0.3, 0.4) is 0 Å². The number of aromatic nitrogens is 6. The molecule has 1 amide bonds. The van der Waals surface area contributed by atoms with Crippen LogP contribution in [-0.2, 0) is 25.8 Å². The molecule has 0 atom stereocenters. The number of amides is 1.